The van der Waals surface area contributed by atoms with Crippen LogP contribution in [-0.4, -0.2) is 15.6 Å². The van der Waals surface area contributed by atoms with Gasteiger partial charge in [0.05, 0.1) is 5.02 Å². The van der Waals surface area contributed by atoms with Crippen molar-refractivity contribution in [2.75, 3.05) is 0 Å². The molecule has 0 amide bonds. The summed E-state index contributed by atoms with van der Waals surface area (Å²) in [5.41, 5.74) is 0.479. The first kappa shape index (κ1) is 14.3. The third-order valence-corrected chi connectivity index (χ3v) is 3.20. The molecule has 2 aromatic rings. The molecule has 0 aliphatic rings. The summed E-state index contributed by atoms with van der Waals surface area (Å²) < 4.78 is 14.7. The van der Waals surface area contributed by atoms with Gasteiger partial charge >= 0.3 is 5.97 Å². The van der Waals surface area contributed by atoms with Crippen molar-refractivity contribution in [1.82, 2.24) is 4.57 Å². The fourth-order valence-corrected chi connectivity index (χ4v) is 2.04. The fourth-order valence-electron chi connectivity index (χ4n) is 1.84. The molecule has 0 atom stereocenters. The summed E-state index contributed by atoms with van der Waals surface area (Å²) in [5, 5.41) is 8.94. The zero-order valence-electron chi connectivity index (χ0n) is 10.6. The van der Waals surface area contributed by atoms with Gasteiger partial charge in [0.15, 0.2) is 5.43 Å². The van der Waals surface area contributed by atoms with Gasteiger partial charge < -0.3 is 9.67 Å². The molecule has 1 heterocycles. The van der Waals surface area contributed by atoms with E-state index >= 15 is 0 Å². The Balaban J connectivity index is 2.42. The molecule has 1 aromatic carbocycles. The Labute approximate surface area is 119 Å². The van der Waals surface area contributed by atoms with Crippen LogP contribution in [0.4, 0.5) is 4.39 Å². The van der Waals surface area contributed by atoms with Crippen LogP contribution in [0.15, 0.2) is 35.3 Å². The molecule has 0 radical (unpaired) electrons. The summed E-state index contributed by atoms with van der Waals surface area (Å²) in [4.78, 5) is 22.5. The van der Waals surface area contributed by atoms with Crippen molar-refractivity contribution in [3.63, 3.8) is 0 Å². The van der Waals surface area contributed by atoms with Gasteiger partial charge in [0.2, 0.25) is 0 Å². The lowest BCUT2D eigenvalue weighted by atomic mass is 10.2. The fraction of sp³-hybridized carbons (Fsp3) is 0.143. The van der Waals surface area contributed by atoms with Crippen LogP contribution < -0.4 is 5.43 Å². The second-order valence-electron chi connectivity index (χ2n) is 4.37. The number of carboxylic acid groups (broad SMARTS) is 1. The van der Waals surface area contributed by atoms with Crippen molar-refractivity contribution >= 4 is 17.6 Å². The highest BCUT2D eigenvalue weighted by Gasteiger charge is 2.11. The minimum atomic E-state index is -1.28. The number of rotatable bonds is 3. The van der Waals surface area contributed by atoms with E-state index in [9.17, 15) is 14.0 Å². The minimum Gasteiger partial charge on any atom is -0.477 e. The number of benzene rings is 1. The van der Waals surface area contributed by atoms with E-state index in [-0.39, 0.29) is 10.6 Å². The first-order valence-corrected chi connectivity index (χ1v) is 6.14. The highest BCUT2D eigenvalue weighted by atomic mass is 35.5. The van der Waals surface area contributed by atoms with Gasteiger partial charge in [-0.05, 0) is 24.6 Å². The SMILES string of the molecule is Cc1cc(=O)c(C(=O)O)cn1Cc1ccc(F)c(Cl)c1. The molecule has 4 nitrogen and oxygen atoms in total. The van der Waals surface area contributed by atoms with Crippen LogP contribution in [0.1, 0.15) is 21.6 Å². The van der Waals surface area contributed by atoms with Crippen molar-refractivity contribution in [3.8, 4) is 0 Å². The van der Waals surface area contributed by atoms with E-state index in [1.54, 1.807) is 17.6 Å². The Hall–Kier alpha value is -2.14. The predicted molar refractivity (Wildman–Crippen MR) is 72.9 cm³/mol. The number of carbonyl (C=O) groups is 1. The van der Waals surface area contributed by atoms with E-state index in [1.807, 2.05) is 0 Å². The van der Waals surface area contributed by atoms with Crippen molar-refractivity contribution in [2.45, 2.75) is 13.5 Å². The van der Waals surface area contributed by atoms with Gasteiger partial charge in [0.25, 0.3) is 0 Å². The number of halogens is 2. The molecular weight excluding hydrogens is 285 g/mol. The van der Waals surface area contributed by atoms with Crippen molar-refractivity contribution in [1.29, 1.82) is 0 Å². The van der Waals surface area contributed by atoms with Gasteiger partial charge in [-0.1, -0.05) is 17.7 Å². The second-order valence-corrected chi connectivity index (χ2v) is 4.78. The summed E-state index contributed by atoms with van der Waals surface area (Å²) in [5.74, 6) is -1.79. The summed E-state index contributed by atoms with van der Waals surface area (Å²) >= 11 is 5.70. The van der Waals surface area contributed by atoms with Crippen LogP contribution in [0.2, 0.25) is 5.02 Å². The third kappa shape index (κ3) is 2.88. The molecule has 0 aliphatic carbocycles. The van der Waals surface area contributed by atoms with Crippen LogP contribution in [0.3, 0.4) is 0 Å². The molecule has 0 fully saturated rings. The Morgan fingerprint density at radius 3 is 2.70 bits per heavy atom. The van der Waals surface area contributed by atoms with Gasteiger partial charge in [-0.2, -0.15) is 0 Å². The highest BCUT2D eigenvalue weighted by molar-refractivity contribution is 6.30. The molecular formula is C14H11ClFNO3. The van der Waals surface area contributed by atoms with Crippen LogP contribution in [-0.2, 0) is 6.54 Å². The van der Waals surface area contributed by atoms with Crippen LogP contribution in [0.5, 0.6) is 0 Å². The molecule has 0 aliphatic heterocycles. The maximum atomic E-state index is 13.1. The van der Waals surface area contributed by atoms with Crippen LogP contribution in [0, 0.1) is 12.7 Å². The molecule has 104 valence electrons. The summed E-state index contributed by atoms with van der Waals surface area (Å²) in [6, 6.07) is 5.52. The molecule has 0 bridgehead atoms. The Morgan fingerprint density at radius 2 is 2.10 bits per heavy atom. The monoisotopic (exact) mass is 295 g/mol. The minimum absolute atomic E-state index is 0.000318. The van der Waals surface area contributed by atoms with E-state index in [1.165, 1.54) is 24.4 Å². The molecule has 0 saturated carbocycles. The first-order chi connectivity index (χ1) is 9.38. The highest BCUT2D eigenvalue weighted by Crippen LogP contribution is 2.17. The van der Waals surface area contributed by atoms with Gasteiger partial charge in [0, 0.05) is 24.5 Å². The molecule has 20 heavy (non-hydrogen) atoms. The summed E-state index contributed by atoms with van der Waals surface area (Å²) in [6.07, 6.45) is 1.28. The largest absolute Gasteiger partial charge is 0.477 e. The maximum absolute atomic E-state index is 13.1. The van der Waals surface area contributed by atoms with Crippen LogP contribution >= 0.6 is 11.6 Å². The Bertz CT molecular complexity index is 740. The average Bonchev–Trinajstić information content (AvgIpc) is 2.36. The van der Waals surface area contributed by atoms with E-state index in [2.05, 4.69) is 0 Å². The van der Waals surface area contributed by atoms with Gasteiger partial charge in [0.1, 0.15) is 11.4 Å². The molecule has 0 spiro atoms. The average molecular weight is 296 g/mol. The van der Waals surface area contributed by atoms with Crippen molar-refractivity contribution in [3.05, 3.63) is 68.3 Å². The van der Waals surface area contributed by atoms with E-state index in [0.29, 0.717) is 17.8 Å². The number of pyridine rings is 1. The second kappa shape index (κ2) is 5.46. The topological polar surface area (TPSA) is 59.3 Å². The normalized spacial score (nSPS) is 10.6. The number of hydrogen-bond acceptors (Lipinski definition) is 2. The van der Waals surface area contributed by atoms with Crippen molar-refractivity contribution in [2.24, 2.45) is 0 Å². The third-order valence-electron chi connectivity index (χ3n) is 2.91. The number of nitrogens with zero attached hydrogens (tertiary/aromatic N) is 1. The van der Waals surface area contributed by atoms with Crippen LogP contribution in [0.25, 0.3) is 0 Å². The standard InChI is InChI=1S/C14H11ClFNO3/c1-8-4-13(18)10(14(19)20)7-17(8)6-9-2-3-12(16)11(15)5-9/h2-5,7H,6H2,1H3,(H,19,20). The lowest BCUT2D eigenvalue weighted by Crippen LogP contribution is -2.19. The predicted octanol–water partition coefficient (Wildman–Crippen LogP) is 2.70. The number of hydrogen-bond donors (Lipinski definition) is 1. The molecule has 0 unspecified atom stereocenters. The molecule has 1 N–H and O–H groups in total. The lowest BCUT2D eigenvalue weighted by molar-refractivity contribution is 0.0694. The molecule has 6 heteroatoms. The van der Waals surface area contributed by atoms with E-state index in [0.717, 1.165) is 0 Å². The number of carboxylic acids is 1. The zero-order chi connectivity index (χ0) is 14.9. The summed E-state index contributed by atoms with van der Waals surface area (Å²) in [6.45, 7) is 1.99. The maximum Gasteiger partial charge on any atom is 0.341 e. The van der Waals surface area contributed by atoms with Gasteiger partial charge in [-0.15, -0.1) is 0 Å². The number of aromatic carboxylic acids is 1. The molecule has 0 saturated heterocycles. The lowest BCUT2D eigenvalue weighted by Gasteiger charge is -2.12. The molecule has 1 aromatic heterocycles. The number of aryl methyl sites for hydroxylation is 1. The number of aromatic nitrogens is 1. The first-order valence-electron chi connectivity index (χ1n) is 5.77. The quantitative estimate of drug-likeness (QED) is 0.947. The Kier molecular flexibility index (Phi) is 3.90. The van der Waals surface area contributed by atoms with E-state index in [4.69, 9.17) is 16.7 Å². The summed E-state index contributed by atoms with van der Waals surface area (Å²) in [7, 11) is 0. The van der Waals surface area contributed by atoms with Gasteiger partial charge in [-0.25, -0.2) is 9.18 Å². The van der Waals surface area contributed by atoms with E-state index < -0.39 is 17.2 Å². The van der Waals surface area contributed by atoms with Gasteiger partial charge in [-0.3, -0.25) is 4.79 Å². The van der Waals surface area contributed by atoms with Crippen molar-refractivity contribution < 1.29 is 14.3 Å². The zero-order valence-corrected chi connectivity index (χ0v) is 11.3. The molecule has 2 rings (SSSR count). The Morgan fingerprint density at radius 1 is 1.40 bits per heavy atom. The smallest absolute Gasteiger partial charge is 0.341 e.